The lowest BCUT2D eigenvalue weighted by atomic mass is 9.93. The zero-order valence-electron chi connectivity index (χ0n) is 17.5. The van der Waals surface area contributed by atoms with Crippen molar-refractivity contribution in [1.82, 2.24) is 19.9 Å². The summed E-state index contributed by atoms with van der Waals surface area (Å²) in [5.41, 5.74) is 2.46. The number of alkyl halides is 3. The zero-order chi connectivity index (χ0) is 23.3. The summed E-state index contributed by atoms with van der Waals surface area (Å²) in [6.07, 6.45) is -4.74. The Balaban J connectivity index is 1.44. The predicted octanol–water partition coefficient (Wildman–Crippen LogP) is 3.73. The van der Waals surface area contributed by atoms with E-state index in [1.54, 1.807) is 21.9 Å². The molecule has 1 aromatic heterocycles. The van der Waals surface area contributed by atoms with Crippen LogP contribution in [0.2, 0.25) is 0 Å². The summed E-state index contributed by atoms with van der Waals surface area (Å²) in [4.78, 5) is 32.3. The molecule has 2 aromatic carbocycles. The molecule has 3 aromatic rings. The van der Waals surface area contributed by atoms with Crippen LogP contribution in [-0.4, -0.2) is 50.9 Å². The summed E-state index contributed by atoms with van der Waals surface area (Å²) in [6.45, 7) is 2.80. The van der Waals surface area contributed by atoms with Gasteiger partial charge in [-0.25, -0.2) is 0 Å². The summed E-state index contributed by atoms with van der Waals surface area (Å²) in [5.74, 6) is -2.00. The van der Waals surface area contributed by atoms with Crippen LogP contribution in [0.1, 0.15) is 40.2 Å². The van der Waals surface area contributed by atoms with E-state index < -0.39 is 12.1 Å². The van der Waals surface area contributed by atoms with E-state index in [1.807, 2.05) is 30.3 Å². The number of benzene rings is 2. The van der Waals surface area contributed by atoms with Crippen molar-refractivity contribution in [3.05, 3.63) is 71.1 Å². The number of hydrogen-bond acceptors (Lipinski definition) is 5. The van der Waals surface area contributed by atoms with E-state index in [-0.39, 0.29) is 35.2 Å². The number of fused-ring (bicyclic) bond motifs is 1. The summed E-state index contributed by atoms with van der Waals surface area (Å²) in [6, 6.07) is 14.3. The molecule has 5 rings (SSSR count). The molecule has 170 valence electrons. The Hall–Kier alpha value is -3.69. The van der Waals surface area contributed by atoms with Gasteiger partial charge in [0.15, 0.2) is 0 Å². The Morgan fingerprint density at radius 2 is 1.88 bits per heavy atom. The second-order valence-corrected chi connectivity index (χ2v) is 8.23. The molecule has 2 amide bonds. The van der Waals surface area contributed by atoms with Crippen LogP contribution < -0.4 is 0 Å². The average molecular weight is 456 g/mol. The molecule has 0 unspecified atom stereocenters. The van der Waals surface area contributed by atoms with E-state index in [1.165, 1.54) is 13.0 Å². The maximum Gasteiger partial charge on any atom is 0.471 e. The Bertz CT molecular complexity index is 1230. The van der Waals surface area contributed by atoms with Crippen molar-refractivity contribution in [2.45, 2.75) is 31.6 Å². The van der Waals surface area contributed by atoms with Crippen LogP contribution in [0.25, 0.3) is 11.4 Å². The van der Waals surface area contributed by atoms with E-state index in [0.29, 0.717) is 25.2 Å². The zero-order valence-corrected chi connectivity index (χ0v) is 17.5. The first-order chi connectivity index (χ1) is 15.7. The molecule has 3 heterocycles. The average Bonchev–Trinajstić information content (AvgIpc) is 3.51. The molecule has 7 nitrogen and oxygen atoms in total. The number of amides is 2. The minimum absolute atomic E-state index is 0.0422. The lowest BCUT2D eigenvalue weighted by Crippen LogP contribution is -2.40. The molecule has 0 N–H and O–H groups in total. The van der Waals surface area contributed by atoms with E-state index in [2.05, 4.69) is 14.7 Å². The second-order valence-electron chi connectivity index (χ2n) is 8.23. The standard InChI is InChI=1S/C23H19F3N4O3/c1-13(31)29-11-18(14-5-3-2-4-6-14)19(12-29)30-10-16-8-7-15(9-17(16)21(30)32)20-27-22(33-28-20)23(24,25)26/h2-9,18-19H,10-12H2,1H3/t18-,19+/m0/s1. The highest BCUT2D eigenvalue weighted by Crippen LogP contribution is 2.37. The number of carbonyl (C=O) groups excluding carboxylic acids is 2. The van der Waals surface area contributed by atoms with Gasteiger partial charge in [0.1, 0.15) is 0 Å². The number of halogens is 3. The van der Waals surface area contributed by atoms with Gasteiger partial charge in [-0.1, -0.05) is 47.6 Å². The fourth-order valence-electron chi connectivity index (χ4n) is 4.57. The molecule has 0 radical (unpaired) electrons. The fourth-order valence-corrected chi connectivity index (χ4v) is 4.57. The predicted molar refractivity (Wildman–Crippen MR) is 110 cm³/mol. The minimum atomic E-state index is -4.74. The Kier molecular flexibility index (Phi) is 4.95. The van der Waals surface area contributed by atoms with Crippen molar-refractivity contribution in [1.29, 1.82) is 0 Å². The highest BCUT2D eigenvalue weighted by atomic mass is 19.4. The van der Waals surface area contributed by atoms with Gasteiger partial charge in [0, 0.05) is 43.6 Å². The van der Waals surface area contributed by atoms with Gasteiger partial charge in [-0.2, -0.15) is 18.2 Å². The first kappa shape index (κ1) is 21.2. The van der Waals surface area contributed by atoms with Gasteiger partial charge >= 0.3 is 12.1 Å². The summed E-state index contributed by atoms with van der Waals surface area (Å²) in [5, 5.41) is 3.41. The number of rotatable bonds is 3. The molecule has 2 aliphatic heterocycles. The van der Waals surface area contributed by atoms with E-state index in [4.69, 9.17) is 0 Å². The maximum absolute atomic E-state index is 13.4. The smallest absolute Gasteiger partial charge is 0.340 e. The quantitative estimate of drug-likeness (QED) is 0.600. The lowest BCUT2D eigenvalue weighted by Gasteiger charge is -2.28. The van der Waals surface area contributed by atoms with Crippen LogP contribution in [0.4, 0.5) is 13.2 Å². The summed E-state index contributed by atoms with van der Waals surface area (Å²) >= 11 is 0. The third-order valence-electron chi connectivity index (χ3n) is 6.23. The first-order valence-electron chi connectivity index (χ1n) is 10.4. The molecule has 2 atom stereocenters. The van der Waals surface area contributed by atoms with E-state index in [9.17, 15) is 22.8 Å². The van der Waals surface area contributed by atoms with Crippen molar-refractivity contribution in [3.8, 4) is 11.4 Å². The summed E-state index contributed by atoms with van der Waals surface area (Å²) in [7, 11) is 0. The number of aromatic nitrogens is 2. The molecule has 1 fully saturated rings. The molecular weight excluding hydrogens is 437 g/mol. The van der Waals surface area contributed by atoms with Gasteiger partial charge in [-0.15, -0.1) is 0 Å². The maximum atomic E-state index is 13.4. The summed E-state index contributed by atoms with van der Waals surface area (Å²) < 4.78 is 42.7. The van der Waals surface area contributed by atoms with Crippen LogP contribution in [0, 0.1) is 0 Å². The van der Waals surface area contributed by atoms with E-state index in [0.717, 1.165) is 11.1 Å². The normalized spacial score (nSPS) is 20.4. The van der Waals surface area contributed by atoms with Crippen molar-refractivity contribution in [2.75, 3.05) is 13.1 Å². The van der Waals surface area contributed by atoms with Gasteiger partial charge in [-0.3, -0.25) is 9.59 Å². The van der Waals surface area contributed by atoms with Gasteiger partial charge in [0.05, 0.1) is 6.04 Å². The van der Waals surface area contributed by atoms with Gasteiger partial charge in [0.25, 0.3) is 5.91 Å². The molecule has 10 heteroatoms. The van der Waals surface area contributed by atoms with Crippen molar-refractivity contribution < 1.29 is 27.3 Å². The highest BCUT2D eigenvalue weighted by Gasteiger charge is 2.43. The molecule has 0 spiro atoms. The minimum Gasteiger partial charge on any atom is -0.340 e. The number of likely N-dealkylation sites (tertiary alicyclic amines) is 1. The Morgan fingerprint density at radius 3 is 2.55 bits per heavy atom. The lowest BCUT2D eigenvalue weighted by molar-refractivity contribution is -0.159. The fraction of sp³-hybridized carbons (Fsp3) is 0.304. The molecule has 0 aliphatic carbocycles. The van der Waals surface area contributed by atoms with Crippen LogP contribution >= 0.6 is 0 Å². The third kappa shape index (κ3) is 3.75. The molecule has 1 saturated heterocycles. The Morgan fingerprint density at radius 1 is 1.12 bits per heavy atom. The largest absolute Gasteiger partial charge is 0.471 e. The molecule has 0 bridgehead atoms. The monoisotopic (exact) mass is 456 g/mol. The van der Waals surface area contributed by atoms with Gasteiger partial charge in [-0.05, 0) is 17.2 Å². The van der Waals surface area contributed by atoms with Gasteiger partial charge in [0.2, 0.25) is 11.7 Å². The molecule has 2 aliphatic rings. The SMILES string of the molecule is CC(=O)N1C[C@@H](N2Cc3ccc(-c4noc(C(F)(F)F)n4)cc3C2=O)[C@H](c2ccccc2)C1. The van der Waals surface area contributed by atoms with Crippen LogP contribution in [0.3, 0.4) is 0 Å². The van der Waals surface area contributed by atoms with Crippen LogP contribution in [0.5, 0.6) is 0 Å². The second kappa shape index (κ2) is 7.72. The van der Waals surface area contributed by atoms with Crippen LogP contribution in [-0.2, 0) is 17.5 Å². The van der Waals surface area contributed by atoms with Crippen molar-refractivity contribution in [3.63, 3.8) is 0 Å². The topological polar surface area (TPSA) is 79.5 Å². The van der Waals surface area contributed by atoms with Crippen molar-refractivity contribution in [2.24, 2.45) is 0 Å². The Labute approximate surface area is 186 Å². The van der Waals surface area contributed by atoms with E-state index >= 15 is 0 Å². The number of carbonyl (C=O) groups is 2. The van der Waals surface area contributed by atoms with Crippen LogP contribution in [0.15, 0.2) is 53.1 Å². The molecule has 33 heavy (non-hydrogen) atoms. The molecular formula is C23H19F3N4O3. The molecule has 0 saturated carbocycles. The number of nitrogens with zero attached hydrogens (tertiary/aromatic N) is 4. The third-order valence-corrected chi connectivity index (χ3v) is 6.23. The van der Waals surface area contributed by atoms with Crippen molar-refractivity contribution >= 4 is 11.8 Å². The highest BCUT2D eigenvalue weighted by molar-refractivity contribution is 5.99. The van der Waals surface area contributed by atoms with Gasteiger partial charge < -0.3 is 14.3 Å². The first-order valence-corrected chi connectivity index (χ1v) is 10.4. The number of hydrogen-bond donors (Lipinski definition) is 0.